The van der Waals surface area contributed by atoms with Gasteiger partial charge in [-0.25, -0.2) is 0 Å². The van der Waals surface area contributed by atoms with Gasteiger partial charge in [-0.05, 0) is 56.0 Å². The summed E-state index contributed by atoms with van der Waals surface area (Å²) < 4.78 is 0. The van der Waals surface area contributed by atoms with Crippen LogP contribution >= 0.6 is 23.2 Å². The summed E-state index contributed by atoms with van der Waals surface area (Å²) in [6.07, 6.45) is 3.22. The van der Waals surface area contributed by atoms with Gasteiger partial charge in [0.2, 0.25) is 0 Å². The van der Waals surface area contributed by atoms with Gasteiger partial charge in [0.05, 0.1) is 0 Å². The first kappa shape index (κ1) is 15.6. The molecule has 1 aromatic rings. The van der Waals surface area contributed by atoms with Crippen molar-refractivity contribution in [1.29, 1.82) is 0 Å². The van der Waals surface area contributed by atoms with E-state index in [2.05, 4.69) is 4.90 Å². The Morgan fingerprint density at radius 1 is 1.30 bits per heavy atom. The minimum atomic E-state index is -0.694. The molecule has 0 spiro atoms. The number of piperidine rings is 1. The van der Waals surface area contributed by atoms with Crippen LogP contribution in [0.3, 0.4) is 0 Å². The summed E-state index contributed by atoms with van der Waals surface area (Å²) in [5.74, 6) is -0.150. The van der Waals surface area contributed by atoms with Gasteiger partial charge in [0.15, 0.2) is 0 Å². The van der Waals surface area contributed by atoms with E-state index < -0.39 is 5.97 Å². The topological polar surface area (TPSA) is 40.5 Å². The van der Waals surface area contributed by atoms with E-state index in [0.29, 0.717) is 16.0 Å². The zero-order chi connectivity index (χ0) is 14.5. The standard InChI is InChI=1S/C15H19Cl2NO2/c16-13-3-2-12(14(17)9-13)10-18-7-5-11(6-8-18)1-4-15(19)20/h2-3,9,11H,1,4-8,10H2,(H,19,20). The van der Waals surface area contributed by atoms with Crippen LogP contribution in [0.4, 0.5) is 0 Å². The van der Waals surface area contributed by atoms with E-state index in [9.17, 15) is 4.79 Å². The second-order valence-corrected chi connectivity index (χ2v) is 6.23. The van der Waals surface area contributed by atoms with E-state index in [0.717, 1.165) is 44.5 Å². The van der Waals surface area contributed by atoms with Crippen molar-refractivity contribution in [3.63, 3.8) is 0 Å². The fourth-order valence-corrected chi connectivity index (χ4v) is 3.12. The highest BCUT2D eigenvalue weighted by molar-refractivity contribution is 6.35. The number of carbonyl (C=O) groups is 1. The Morgan fingerprint density at radius 2 is 2.00 bits per heavy atom. The van der Waals surface area contributed by atoms with Crippen molar-refractivity contribution < 1.29 is 9.90 Å². The molecule has 0 atom stereocenters. The second kappa shape index (κ2) is 7.30. The molecule has 1 aromatic carbocycles. The lowest BCUT2D eigenvalue weighted by atomic mass is 9.92. The Balaban J connectivity index is 1.80. The highest BCUT2D eigenvalue weighted by Crippen LogP contribution is 2.26. The molecule has 0 saturated carbocycles. The average Bonchev–Trinajstić information content (AvgIpc) is 2.41. The van der Waals surface area contributed by atoms with Crippen LogP contribution < -0.4 is 0 Å². The number of aliphatic carboxylic acids is 1. The SMILES string of the molecule is O=C(O)CCC1CCN(Cc2ccc(Cl)cc2Cl)CC1. The maximum Gasteiger partial charge on any atom is 0.303 e. The number of nitrogens with zero attached hydrogens (tertiary/aromatic N) is 1. The first-order valence-electron chi connectivity index (χ1n) is 6.92. The predicted molar refractivity (Wildman–Crippen MR) is 81.3 cm³/mol. The quantitative estimate of drug-likeness (QED) is 0.890. The van der Waals surface area contributed by atoms with E-state index in [1.54, 1.807) is 6.07 Å². The number of hydrogen-bond donors (Lipinski definition) is 1. The number of carboxylic acids is 1. The van der Waals surface area contributed by atoms with Gasteiger partial charge in [0.1, 0.15) is 0 Å². The zero-order valence-electron chi connectivity index (χ0n) is 11.3. The van der Waals surface area contributed by atoms with Crippen molar-refractivity contribution in [1.82, 2.24) is 4.90 Å². The predicted octanol–water partition coefficient (Wildman–Crippen LogP) is 4.07. The van der Waals surface area contributed by atoms with Crippen LogP contribution in [0.2, 0.25) is 10.0 Å². The minimum Gasteiger partial charge on any atom is -0.481 e. The number of benzene rings is 1. The normalized spacial score (nSPS) is 17.3. The lowest BCUT2D eigenvalue weighted by Gasteiger charge is -2.32. The van der Waals surface area contributed by atoms with Crippen LogP contribution in [-0.2, 0) is 11.3 Å². The van der Waals surface area contributed by atoms with Crippen molar-refractivity contribution in [3.8, 4) is 0 Å². The maximum absolute atomic E-state index is 10.6. The first-order valence-corrected chi connectivity index (χ1v) is 7.68. The molecule has 0 aromatic heterocycles. The lowest BCUT2D eigenvalue weighted by molar-refractivity contribution is -0.137. The average molecular weight is 316 g/mol. The van der Waals surface area contributed by atoms with Gasteiger partial charge >= 0.3 is 5.97 Å². The summed E-state index contributed by atoms with van der Waals surface area (Å²) in [4.78, 5) is 12.9. The van der Waals surface area contributed by atoms with E-state index in [1.807, 2.05) is 12.1 Å². The van der Waals surface area contributed by atoms with E-state index in [1.165, 1.54) is 0 Å². The summed E-state index contributed by atoms with van der Waals surface area (Å²) in [7, 11) is 0. The van der Waals surface area contributed by atoms with Crippen LogP contribution in [0.1, 0.15) is 31.2 Å². The molecule has 1 N–H and O–H groups in total. The Hall–Kier alpha value is -0.770. The molecule has 1 fully saturated rings. The molecule has 3 nitrogen and oxygen atoms in total. The van der Waals surface area contributed by atoms with Gasteiger partial charge < -0.3 is 5.11 Å². The Labute approximate surface area is 129 Å². The lowest BCUT2D eigenvalue weighted by Crippen LogP contribution is -2.33. The van der Waals surface area contributed by atoms with Crippen molar-refractivity contribution in [2.75, 3.05) is 13.1 Å². The zero-order valence-corrected chi connectivity index (χ0v) is 12.8. The van der Waals surface area contributed by atoms with E-state index in [4.69, 9.17) is 28.3 Å². The van der Waals surface area contributed by atoms with Crippen molar-refractivity contribution in [3.05, 3.63) is 33.8 Å². The third kappa shape index (κ3) is 4.65. The monoisotopic (exact) mass is 315 g/mol. The Morgan fingerprint density at radius 3 is 2.60 bits per heavy atom. The molecule has 1 heterocycles. The van der Waals surface area contributed by atoms with Gasteiger partial charge in [0.25, 0.3) is 0 Å². The molecule has 0 radical (unpaired) electrons. The molecule has 20 heavy (non-hydrogen) atoms. The molecular weight excluding hydrogens is 297 g/mol. The highest BCUT2D eigenvalue weighted by atomic mass is 35.5. The minimum absolute atomic E-state index is 0.285. The number of carboxylic acid groups (broad SMARTS) is 1. The second-order valence-electron chi connectivity index (χ2n) is 5.39. The molecule has 0 bridgehead atoms. The smallest absolute Gasteiger partial charge is 0.303 e. The summed E-state index contributed by atoms with van der Waals surface area (Å²) in [6.45, 7) is 2.84. The Bertz CT molecular complexity index is 471. The highest BCUT2D eigenvalue weighted by Gasteiger charge is 2.20. The van der Waals surface area contributed by atoms with Gasteiger partial charge in [0, 0.05) is 23.0 Å². The maximum atomic E-state index is 10.6. The van der Waals surface area contributed by atoms with Crippen molar-refractivity contribution in [2.24, 2.45) is 5.92 Å². The fraction of sp³-hybridized carbons (Fsp3) is 0.533. The molecule has 0 aliphatic carbocycles. The van der Waals surface area contributed by atoms with Gasteiger partial charge in [-0.1, -0.05) is 29.3 Å². The van der Waals surface area contributed by atoms with E-state index in [-0.39, 0.29) is 6.42 Å². The summed E-state index contributed by atoms with van der Waals surface area (Å²) in [6, 6.07) is 5.61. The van der Waals surface area contributed by atoms with Gasteiger partial charge in [-0.3, -0.25) is 9.69 Å². The molecule has 5 heteroatoms. The molecule has 1 saturated heterocycles. The number of rotatable bonds is 5. The third-order valence-corrected chi connectivity index (χ3v) is 4.47. The fourth-order valence-electron chi connectivity index (χ4n) is 2.65. The van der Waals surface area contributed by atoms with E-state index >= 15 is 0 Å². The number of halogens is 2. The molecule has 1 aliphatic heterocycles. The molecule has 1 aliphatic rings. The van der Waals surface area contributed by atoms with Crippen molar-refractivity contribution in [2.45, 2.75) is 32.2 Å². The summed E-state index contributed by atoms with van der Waals surface area (Å²) >= 11 is 12.1. The van der Waals surface area contributed by atoms with Crippen LogP contribution in [-0.4, -0.2) is 29.1 Å². The van der Waals surface area contributed by atoms with Crippen LogP contribution in [0.25, 0.3) is 0 Å². The summed E-state index contributed by atoms with van der Waals surface area (Å²) in [5.41, 5.74) is 1.10. The van der Waals surface area contributed by atoms with Gasteiger partial charge in [-0.15, -0.1) is 0 Å². The number of hydrogen-bond acceptors (Lipinski definition) is 2. The van der Waals surface area contributed by atoms with Crippen LogP contribution in [0, 0.1) is 5.92 Å². The molecule has 110 valence electrons. The van der Waals surface area contributed by atoms with Crippen LogP contribution in [0.5, 0.6) is 0 Å². The largest absolute Gasteiger partial charge is 0.481 e. The Kier molecular flexibility index (Phi) is 5.70. The molecule has 0 amide bonds. The third-order valence-electron chi connectivity index (χ3n) is 3.88. The molecule has 2 rings (SSSR count). The first-order chi connectivity index (χ1) is 9.54. The molecule has 0 unspecified atom stereocenters. The molecular formula is C15H19Cl2NO2. The van der Waals surface area contributed by atoms with Gasteiger partial charge in [-0.2, -0.15) is 0 Å². The van der Waals surface area contributed by atoms with Crippen molar-refractivity contribution >= 4 is 29.2 Å². The summed E-state index contributed by atoms with van der Waals surface area (Å²) in [5, 5.41) is 10.1. The number of likely N-dealkylation sites (tertiary alicyclic amines) is 1. The van der Waals surface area contributed by atoms with Crippen LogP contribution in [0.15, 0.2) is 18.2 Å².